The normalized spacial score (nSPS) is 12.7. The van der Waals surface area contributed by atoms with E-state index in [2.05, 4.69) is 74.6 Å². The monoisotopic (exact) mass is 755 g/mol. The second kappa shape index (κ2) is 45.0. The van der Waals surface area contributed by atoms with Gasteiger partial charge >= 0.3 is 11.9 Å². The predicted octanol–water partition coefficient (Wildman–Crippen LogP) is 14.7. The number of ether oxygens (including phenoxy) is 2. The average molecular weight is 755 g/mol. The Morgan fingerprint density at radius 1 is 0.426 bits per heavy atom. The van der Waals surface area contributed by atoms with Gasteiger partial charge in [0.25, 0.3) is 0 Å². The third-order valence-electron chi connectivity index (χ3n) is 9.78. The van der Waals surface area contributed by atoms with Crippen LogP contribution in [0.25, 0.3) is 0 Å². The molecule has 54 heavy (non-hydrogen) atoms. The van der Waals surface area contributed by atoms with Crippen LogP contribution in [0.1, 0.15) is 219 Å². The van der Waals surface area contributed by atoms with E-state index in [0.717, 1.165) is 44.9 Å². The maximum absolute atomic E-state index is 12.2. The third kappa shape index (κ3) is 42.3. The molecule has 0 aromatic carbocycles. The first-order valence-electron chi connectivity index (χ1n) is 22.8. The molecule has 1 N–H and O–H groups in total. The molecule has 0 rings (SSSR count). The van der Waals surface area contributed by atoms with E-state index < -0.39 is 6.10 Å². The van der Waals surface area contributed by atoms with Crippen LogP contribution in [0, 0.1) is 0 Å². The zero-order valence-electron chi connectivity index (χ0n) is 35.5. The van der Waals surface area contributed by atoms with Gasteiger partial charge in [0, 0.05) is 12.8 Å². The zero-order chi connectivity index (χ0) is 39.3. The SMILES string of the molecule is CCCCC/C=C/C/C=C/C/C=C/C/C=C/CCCC(=O)O[C@@H](CO)COC(=O)CCC/C=C/CCCCCCCCCCCCCCCCCCCC. The molecule has 0 heterocycles. The number of allylic oxidation sites excluding steroid dienone is 10. The van der Waals surface area contributed by atoms with Gasteiger partial charge in [0.05, 0.1) is 6.61 Å². The number of rotatable bonds is 41. The van der Waals surface area contributed by atoms with Gasteiger partial charge < -0.3 is 14.6 Å². The van der Waals surface area contributed by atoms with Crippen LogP contribution in [0.2, 0.25) is 0 Å². The Hall–Kier alpha value is -2.40. The van der Waals surface area contributed by atoms with Gasteiger partial charge in [0.15, 0.2) is 6.10 Å². The van der Waals surface area contributed by atoms with Crippen LogP contribution in [0.4, 0.5) is 0 Å². The molecular formula is C49H86O5. The molecule has 0 unspecified atom stereocenters. The minimum Gasteiger partial charge on any atom is -0.462 e. The Labute approximate surface area is 334 Å². The van der Waals surface area contributed by atoms with Crippen molar-refractivity contribution in [3.8, 4) is 0 Å². The molecule has 5 heteroatoms. The van der Waals surface area contributed by atoms with Crippen molar-refractivity contribution < 1.29 is 24.2 Å². The number of carbonyl (C=O) groups is 2. The second-order valence-corrected chi connectivity index (χ2v) is 15.1. The molecule has 0 saturated heterocycles. The largest absolute Gasteiger partial charge is 0.462 e. The van der Waals surface area contributed by atoms with E-state index in [1.807, 2.05) is 0 Å². The molecular weight excluding hydrogens is 669 g/mol. The summed E-state index contributed by atoms with van der Waals surface area (Å²) in [6.45, 7) is 4.05. The molecule has 0 aliphatic rings. The minimum absolute atomic E-state index is 0.104. The predicted molar refractivity (Wildman–Crippen MR) is 233 cm³/mol. The maximum Gasteiger partial charge on any atom is 0.306 e. The summed E-state index contributed by atoms with van der Waals surface area (Å²) in [6, 6.07) is 0. The van der Waals surface area contributed by atoms with Gasteiger partial charge in [-0.25, -0.2) is 0 Å². The highest BCUT2D eigenvalue weighted by Crippen LogP contribution is 2.15. The molecule has 0 aromatic rings. The van der Waals surface area contributed by atoms with Crippen molar-refractivity contribution in [2.24, 2.45) is 0 Å². The van der Waals surface area contributed by atoms with Crippen molar-refractivity contribution in [3.63, 3.8) is 0 Å². The number of aliphatic hydroxyl groups excluding tert-OH is 1. The summed E-state index contributed by atoms with van der Waals surface area (Å²) in [6.07, 6.45) is 58.9. The molecule has 0 amide bonds. The first-order valence-corrected chi connectivity index (χ1v) is 22.8. The van der Waals surface area contributed by atoms with Crippen LogP contribution in [0.3, 0.4) is 0 Å². The standard InChI is InChI=1S/C49H86O5/c1-3-5-7-9-11-13-15-17-19-21-22-23-24-25-26-28-29-31-33-35-37-39-41-43-48(51)53-46-47(45-50)54-49(52)44-42-40-38-36-34-32-30-27-20-18-16-14-12-10-8-6-4-2/h12,14,18,20,30,32,35-38,47,50H,3-11,13,15-17,19,21-29,31,33-34,39-46H2,1-2H3/b14-12+,20-18+,32-30+,37-35+,38-36+/t47-/m0/s1. The van der Waals surface area contributed by atoms with Crippen molar-refractivity contribution in [3.05, 3.63) is 60.8 Å². The molecule has 0 aliphatic carbocycles. The van der Waals surface area contributed by atoms with Crippen LogP contribution in [0.5, 0.6) is 0 Å². The van der Waals surface area contributed by atoms with Gasteiger partial charge in [0.2, 0.25) is 0 Å². The van der Waals surface area contributed by atoms with Crippen molar-refractivity contribution in [1.82, 2.24) is 0 Å². The Kier molecular flexibility index (Phi) is 43.0. The van der Waals surface area contributed by atoms with E-state index in [-0.39, 0.29) is 31.6 Å². The van der Waals surface area contributed by atoms with Crippen molar-refractivity contribution in [1.29, 1.82) is 0 Å². The number of carbonyl (C=O) groups excluding carboxylic acids is 2. The summed E-state index contributed by atoms with van der Waals surface area (Å²) in [5, 5.41) is 9.57. The van der Waals surface area contributed by atoms with Crippen LogP contribution in [0.15, 0.2) is 60.8 Å². The molecule has 5 nitrogen and oxygen atoms in total. The topological polar surface area (TPSA) is 72.8 Å². The summed E-state index contributed by atoms with van der Waals surface area (Å²) in [5.74, 6) is -0.692. The lowest BCUT2D eigenvalue weighted by Gasteiger charge is -2.15. The lowest BCUT2D eigenvalue weighted by molar-refractivity contribution is -0.161. The van der Waals surface area contributed by atoms with Crippen molar-refractivity contribution in [2.45, 2.75) is 225 Å². The Balaban J connectivity index is 3.61. The van der Waals surface area contributed by atoms with Gasteiger partial charge in [-0.05, 0) is 70.6 Å². The summed E-state index contributed by atoms with van der Waals surface area (Å²) >= 11 is 0. The lowest BCUT2D eigenvalue weighted by atomic mass is 10.0. The highest BCUT2D eigenvalue weighted by Gasteiger charge is 2.15. The number of hydrogen-bond donors (Lipinski definition) is 1. The molecule has 0 bridgehead atoms. The molecule has 0 aliphatic heterocycles. The molecule has 0 spiro atoms. The summed E-state index contributed by atoms with van der Waals surface area (Å²) in [5.41, 5.74) is 0. The van der Waals surface area contributed by atoms with E-state index in [1.165, 1.54) is 141 Å². The van der Waals surface area contributed by atoms with Crippen LogP contribution >= 0.6 is 0 Å². The third-order valence-corrected chi connectivity index (χ3v) is 9.78. The fourth-order valence-corrected chi connectivity index (χ4v) is 6.32. The Bertz CT molecular complexity index is 946. The van der Waals surface area contributed by atoms with E-state index in [4.69, 9.17) is 9.47 Å². The zero-order valence-corrected chi connectivity index (χ0v) is 35.5. The van der Waals surface area contributed by atoms with Gasteiger partial charge in [0.1, 0.15) is 6.61 Å². The number of aliphatic hydroxyl groups is 1. The van der Waals surface area contributed by atoms with Gasteiger partial charge in [-0.1, -0.05) is 197 Å². The fourth-order valence-electron chi connectivity index (χ4n) is 6.32. The molecule has 312 valence electrons. The van der Waals surface area contributed by atoms with Gasteiger partial charge in [-0.2, -0.15) is 0 Å². The van der Waals surface area contributed by atoms with E-state index in [1.54, 1.807) is 0 Å². The minimum atomic E-state index is -0.813. The first kappa shape index (κ1) is 51.6. The van der Waals surface area contributed by atoms with E-state index in [9.17, 15) is 14.7 Å². The molecule has 0 saturated carbocycles. The fraction of sp³-hybridized carbons (Fsp3) is 0.755. The number of unbranched alkanes of at least 4 members (excludes halogenated alkanes) is 23. The smallest absolute Gasteiger partial charge is 0.306 e. The Morgan fingerprint density at radius 3 is 1.17 bits per heavy atom. The van der Waals surface area contributed by atoms with Gasteiger partial charge in [-0.15, -0.1) is 0 Å². The van der Waals surface area contributed by atoms with Crippen LogP contribution < -0.4 is 0 Å². The molecule has 0 radical (unpaired) electrons. The first-order chi connectivity index (χ1) is 26.6. The maximum atomic E-state index is 12.2. The second-order valence-electron chi connectivity index (χ2n) is 15.1. The van der Waals surface area contributed by atoms with Crippen molar-refractivity contribution >= 4 is 11.9 Å². The summed E-state index contributed by atoms with van der Waals surface area (Å²) in [7, 11) is 0. The Morgan fingerprint density at radius 2 is 0.741 bits per heavy atom. The molecule has 1 atom stereocenters. The summed E-state index contributed by atoms with van der Waals surface area (Å²) in [4.78, 5) is 24.3. The number of hydrogen-bond acceptors (Lipinski definition) is 5. The molecule has 0 aromatic heterocycles. The quantitative estimate of drug-likeness (QED) is 0.0382. The number of esters is 2. The average Bonchev–Trinajstić information content (AvgIpc) is 3.17. The highest BCUT2D eigenvalue weighted by molar-refractivity contribution is 5.70. The van der Waals surface area contributed by atoms with Crippen LogP contribution in [-0.4, -0.2) is 36.4 Å². The highest BCUT2D eigenvalue weighted by atomic mass is 16.6. The van der Waals surface area contributed by atoms with Gasteiger partial charge in [-0.3, -0.25) is 9.59 Å². The van der Waals surface area contributed by atoms with E-state index in [0.29, 0.717) is 12.8 Å². The summed E-state index contributed by atoms with van der Waals surface area (Å²) < 4.78 is 10.6. The van der Waals surface area contributed by atoms with E-state index >= 15 is 0 Å². The van der Waals surface area contributed by atoms with Crippen LogP contribution in [-0.2, 0) is 19.1 Å². The lowest BCUT2D eigenvalue weighted by Crippen LogP contribution is -2.28. The molecule has 0 fully saturated rings. The van der Waals surface area contributed by atoms with Crippen molar-refractivity contribution in [2.75, 3.05) is 13.2 Å².